The average molecular weight is 307 g/mol. The van der Waals surface area contributed by atoms with E-state index in [0.29, 0.717) is 5.88 Å². The number of nitrogens with zero attached hydrogens (tertiary/aromatic N) is 4. The van der Waals surface area contributed by atoms with Gasteiger partial charge in [-0.05, 0) is 18.6 Å². The van der Waals surface area contributed by atoms with Gasteiger partial charge in [0.15, 0.2) is 5.65 Å². The van der Waals surface area contributed by atoms with Crippen LogP contribution >= 0.6 is 22.9 Å². The fourth-order valence-corrected chi connectivity index (χ4v) is 3.02. The Labute approximate surface area is 126 Å². The van der Waals surface area contributed by atoms with Crippen LogP contribution in [0.2, 0.25) is 0 Å². The summed E-state index contributed by atoms with van der Waals surface area (Å²) < 4.78 is 2.16. The number of fused-ring (bicyclic) bond motifs is 1. The molecular formula is C14H15ClN4S. The van der Waals surface area contributed by atoms with Crippen molar-refractivity contribution in [3.05, 3.63) is 40.2 Å². The number of aryl methyl sites for hydroxylation is 4. The number of hydrogen-bond donors (Lipinski definition) is 0. The summed E-state index contributed by atoms with van der Waals surface area (Å²) in [6.45, 7) is 2.87. The van der Waals surface area contributed by atoms with Gasteiger partial charge in [-0.2, -0.15) is 0 Å². The Balaban J connectivity index is 1.95. The Hall–Kier alpha value is -1.46. The van der Waals surface area contributed by atoms with Crippen LogP contribution in [0.1, 0.15) is 17.1 Å². The van der Waals surface area contributed by atoms with Gasteiger partial charge >= 0.3 is 0 Å². The summed E-state index contributed by atoms with van der Waals surface area (Å²) in [7, 11) is 0. The van der Waals surface area contributed by atoms with E-state index >= 15 is 0 Å². The molecule has 104 valence electrons. The van der Waals surface area contributed by atoms with Crippen molar-refractivity contribution in [1.29, 1.82) is 0 Å². The number of rotatable bonds is 5. The van der Waals surface area contributed by atoms with Crippen LogP contribution in [0, 0.1) is 6.92 Å². The highest BCUT2D eigenvalue weighted by molar-refractivity contribution is 7.07. The van der Waals surface area contributed by atoms with Gasteiger partial charge < -0.3 is 4.57 Å². The molecule has 0 aliphatic carbocycles. The van der Waals surface area contributed by atoms with Crippen molar-refractivity contribution < 1.29 is 0 Å². The molecule has 0 aliphatic rings. The van der Waals surface area contributed by atoms with Crippen LogP contribution in [-0.4, -0.2) is 25.4 Å². The van der Waals surface area contributed by atoms with E-state index in [1.54, 1.807) is 11.3 Å². The zero-order valence-electron chi connectivity index (χ0n) is 11.2. The first-order chi connectivity index (χ1) is 9.78. The monoisotopic (exact) mass is 306 g/mol. The Kier molecular flexibility index (Phi) is 3.98. The fourth-order valence-electron chi connectivity index (χ4n) is 2.26. The first kappa shape index (κ1) is 13.5. The van der Waals surface area contributed by atoms with Crippen LogP contribution in [0.4, 0.5) is 0 Å². The molecule has 3 aromatic heterocycles. The molecule has 0 aliphatic heterocycles. The second-order valence-corrected chi connectivity index (χ2v) is 5.80. The van der Waals surface area contributed by atoms with Gasteiger partial charge in [-0.1, -0.05) is 0 Å². The standard InChI is InChI=1S/C14H15ClN4S/c1-10-6-12-14(16-7-10)19(13(18-12)2-4-15)5-3-11-8-20-9-17-11/h6-9H,2-5H2,1H3. The molecule has 0 bridgehead atoms. The van der Waals surface area contributed by atoms with Gasteiger partial charge in [0, 0.05) is 36.8 Å². The third-order valence-corrected chi connectivity index (χ3v) is 4.02. The number of pyridine rings is 1. The van der Waals surface area contributed by atoms with E-state index in [2.05, 4.69) is 31.0 Å². The van der Waals surface area contributed by atoms with Gasteiger partial charge in [-0.3, -0.25) is 0 Å². The van der Waals surface area contributed by atoms with Gasteiger partial charge in [0.05, 0.1) is 11.2 Å². The van der Waals surface area contributed by atoms with Gasteiger partial charge in [-0.25, -0.2) is 15.0 Å². The van der Waals surface area contributed by atoms with Gasteiger partial charge in [0.1, 0.15) is 11.3 Å². The normalized spacial score (nSPS) is 11.3. The smallest absolute Gasteiger partial charge is 0.160 e. The SMILES string of the molecule is Cc1cnc2c(c1)nc(CCCl)n2CCc1cscn1. The van der Waals surface area contributed by atoms with Crippen molar-refractivity contribution in [2.45, 2.75) is 26.3 Å². The molecule has 6 heteroatoms. The Morgan fingerprint density at radius 1 is 1.30 bits per heavy atom. The Morgan fingerprint density at radius 3 is 2.95 bits per heavy atom. The van der Waals surface area contributed by atoms with Crippen molar-refractivity contribution in [3.63, 3.8) is 0 Å². The maximum atomic E-state index is 5.88. The van der Waals surface area contributed by atoms with Crippen LogP contribution in [-0.2, 0) is 19.4 Å². The number of hydrogen-bond acceptors (Lipinski definition) is 4. The average Bonchev–Trinajstić information content (AvgIpc) is 3.04. The van der Waals surface area contributed by atoms with Crippen molar-refractivity contribution >= 4 is 34.1 Å². The minimum atomic E-state index is 0.568. The quantitative estimate of drug-likeness (QED) is 0.680. The zero-order chi connectivity index (χ0) is 13.9. The molecule has 3 heterocycles. The topological polar surface area (TPSA) is 43.6 Å². The van der Waals surface area contributed by atoms with E-state index in [1.165, 1.54) is 0 Å². The predicted molar refractivity (Wildman–Crippen MR) is 82.5 cm³/mol. The summed E-state index contributed by atoms with van der Waals surface area (Å²) >= 11 is 7.51. The molecule has 3 rings (SSSR count). The molecule has 0 unspecified atom stereocenters. The first-order valence-electron chi connectivity index (χ1n) is 6.52. The van der Waals surface area contributed by atoms with E-state index < -0.39 is 0 Å². The Bertz CT molecular complexity index is 705. The predicted octanol–water partition coefficient (Wildman–Crippen LogP) is 3.22. The van der Waals surface area contributed by atoms with Crippen LogP contribution < -0.4 is 0 Å². The summed E-state index contributed by atoms with van der Waals surface area (Å²) in [6.07, 6.45) is 3.53. The number of imidazole rings is 1. The summed E-state index contributed by atoms with van der Waals surface area (Å²) in [4.78, 5) is 13.5. The van der Waals surface area contributed by atoms with Gasteiger partial charge in [0.2, 0.25) is 0 Å². The molecule has 0 spiro atoms. The molecule has 0 atom stereocenters. The van der Waals surface area contributed by atoms with E-state index in [-0.39, 0.29) is 0 Å². The summed E-state index contributed by atoms with van der Waals surface area (Å²) in [6, 6.07) is 2.07. The maximum Gasteiger partial charge on any atom is 0.160 e. The third kappa shape index (κ3) is 2.69. The van der Waals surface area contributed by atoms with Crippen molar-refractivity contribution in [2.75, 3.05) is 5.88 Å². The summed E-state index contributed by atoms with van der Waals surface area (Å²) in [5.74, 6) is 1.57. The second kappa shape index (κ2) is 5.89. The molecule has 0 saturated heterocycles. The van der Waals surface area contributed by atoms with E-state index in [1.807, 2.05) is 18.6 Å². The third-order valence-electron chi connectivity index (χ3n) is 3.19. The molecule has 0 N–H and O–H groups in total. The lowest BCUT2D eigenvalue weighted by Crippen LogP contribution is -2.08. The van der Waals surface area contributed by atoms with Crippen molar-refractivity contribution in [1.82, 2.24) is 19.5 Å². The molecule has 0 fully saturated rings. The lowest BCUT2D eigenvalue weighted by molar-refractivity contribution is 0.663. The second-order valence-electron chi connectivity index (χ2n) is 4.70. The van der Waals surface area contributed by atoms with E-state index in [0.717, 1.165) is 47.6 Å². The molecule has 20 heavy (non-hydrogen) atoms. The molecular weight excluding hydrogens is 292 g/mol. The lowest BCUT2D eigenvalue weighted by atomic mass is 10.3. The number of halogens is 1. The van der Waals surface area contributed by atoms with Crippen LogP contribution in [0.5, 0.6) is 0 Å². The largest absolute Gasteiger partial charge is 0.312 e. The lowest BCUT2D eigenvalue weighted by Gasteiger charge is -2.06. The van der Waals surface area contributed by atoms with Crippen molar-refractivity contribution in [3.8, 4) is 0 Å². The fraction of sp³-hybridized carbons (Fsp3) is 0.357. The molecule has 0 saturated carbocycles. The summed E-state index contributed by atoms with van der Waals surface area (Å²) in [5.41, 5.74) is 5.98. The molecule has 0 aromatic carbocycles. The highest BCUT2D eigenvalue weighted by Crippen LogP contribution is 2.17. The molecule has 3 aromatic rings. The van der Waals surface area contributed by atoms with E-state index in [4.69, 9.17) is 11.6 Å². The number of aromatic nitrogens is 4. The van der Waals surface area contributed by atoms with Crippen LogP contribution in [0.15, 0.2) is 23.2 Å². The van der Waals surface area contributed by atoms with Crippen molar-refractivity contribution in [2.24, 2.45) is 0 Å². The van der Waals surface area contributed by atoms with Gasteiger partial charge in [0.25, 0.3) is 0 Å². The summed E-state index contributed by atoms with van der Waals surface area (Å²) in [5, 5.41) is 2.08. The van der Waals surface area contributed by atoms with Gasteiger partial charge in [-0.15, -0.1) is 22.9 Å². The van der Waals surface area contributed by atoms with E-state index in [9.17, 15) is 0 Å². The molecule has 0 radical (unpaired) electrons. The van der Waals surface area contributed by atoms with Crippen LogP contribution in [0.25, 0.3) is 11.2 Å². The van der Waals surface area contributed by atoms with Crippen LogP contribution in [0.3, 0.4) is 0 Å². The maximum absolute atomic E-state index is 5.88. The number of thiazole rings is 1. The highest BCUT2D eigenvalue weighted by atomic mass is 35.5. The molecule has 0 amide bonds. The Morgan fingerprint density at radius 2 is 2.20 bits per heavy atom. The minimum absolute atomic E-state index is 0.568. The highest BCUT2D eigenvalue weighted by Gasteiger charge is 2.12. The first-order valence-corrected chi connectivity index (χ1v) is 8.00. The zero-order valence-corrected chi connectivity index (χ0v) is 12.8. The molecule has 4 nitrogen and oxygen atoms in total. The number of alkyl halides is 1. The minimum Gasteiger partial charge on any atom is -0.312 e.